The topological polar surface area (TPSA) is 66.1 Å². The van der Waals surface area contributed by atoms with E-state index in [2.05, 4.69) is 9.35 Å². The van der Waals surface area contributed by atoms with Gasteiger partial charge in [-0.2, -0.15) is 15.9 Å². The van der Waals surface area contributed by atoms with Crippen LogP contribution in [0.1, 0.15) is 17.7 Å². The number of hydrogen-bond donors (Lipinski definition) is 0. The predicted octanol–water partition coefficient (Wildman–Crippen LogP) is 2.42. The molecule has 0 fully saturated rings. The lowest BCUT2D eigenvalue weighted by atomic mass is 10.2. The minimum Gasteiger partial charge on any atom is -0.443 e. The molecule has 0 aliphatic carbocycles. The summed E-state index contributed by atoms with van der Waals surface area (Å²) in [6.45, 7) is 1.71. The van der Waals surface area contributed by atoms with Gasteiger partial charge in [0.25, 0.3) is 0 Å². The molecule has 1 atom stereocenters. The van der Waals surface area contributed by atoms with Gasteiger partial charge < -0.3 is 4.21 Å². The second-order valence-electron chi connectivity index (χ2n) is 2.52. The number of halogens is 1. The predicted molar refractivity (Wildman–Crippen MR) is 53.8 cm³/mol. The third-order valence-corrected chi connectivity index (χ3v) is 3.02. The lowest BCUT2D eigenvalue weighted by Gasteiger charge is -2.12. The van der Waals surface area contributed by atoms with Crippen molar-refractivity contribution in [2.24, 2.45) is 4.36 Å². The fourth-order valence-corrected chi connectivity index (χ4v) is 1.59. The molecule has 74 valence electrons. The zero-order chi connectivity index (χ0) is 10.6. The molecule has 0 N–H and O–H groups in total. The first-order chi connectivity index (χ1) is 6.65. The van der Waals surface area contributed by atoms with Gasteiger partial charge in [0.1, 0.15) is 5.15 Å². The maximum Gasteiger partial charge on any atom is 0.180 e. The van der Waals surface area contributed by atoms with Crippen LogP contribution in [0.4, 0.5) is 0 Å². The van der Waals surface area contributed by atoms with Crippen LogP contribution in [0.25, 0.3) is 0 Å². The third-order valence-electron chi connectivity index (χ3n) is 1.65. The molecule has 0 radical (unpaired) electrons. The Morgan fingerprint density at radius 3 is 2.93 bits per heavy atom. The highest BCUT2D eigenvalue weighted by Gasteiger charge is 1.99. The Labute approximate surface area is 88.8 Å². The van der Waals surface area contributed by atoms with Gasteiger partial charge in [-0.1, -0.05) is 29.8 Å². The highest BCUT2D eigenvalue weighted by Crippen LogP contribution is 2.17. The minimum absolute atomic E-state index is 0.348. The zero-order valence-electron chi connectivity index (χ0n) is 7.35. The molecule has 1 aromatic heterocycles. The zero-order valence-corrected chi connectivity index (χ0v) is 8.92. The molecule has 0 aromatic carbocycles. The van der Waals surface area contributed by atoms with Crippen molar-refractivity contribution >= 4 is 22.2 Å². The molecule has 1 aromatic rings. The van der Waals surface area contributed by atoms with Gasteiger partial charge in [0.05, 0.1) is 0 Å². The summed E-state index contributed by atoms with van der Waals surface area (Å²) in [7, 11) is -1.54. The van der Waals surface area contributed by atoms with Crippen LogP contribution >= 0.6 is 11.6 Å². The molecular formula is C8H7ClN3OS-. The standard InChI is InChI=1S/C8H7ClN3OS/c1-6(14(13)12-5-10)7-2-3-8(9)11-4-7/h2-4,6H,1H3/q-1. The lowest BCUT2D eigenvalue weighted by molar-refractivity contribution is 0.595. The van der Waals surface area contributed by atoms with Gasteiger partial charge in [-0.25, -0.2) is 4.98 Å². The molecule has 0 spiro atoms. The summed E-state index contributed by atoms with van der Waals surface area (Å²) in [5.74, 6) is 0. The molecule has 1 rings (SSSR count). The summed E-state index contributed by atoms with van der Waals surface area (Å²) in [5.41, 5.74) is 0.742. The summed E-state index contributed by atoms with van der Waals surface area (Å²) < 4.78 is 14.5. The molecule has 4 nitrogen and oxygen atoms in total. The van der Waals surface area contributed by atoms with Crippen molar-refractivity contribution in [3.05, 3.63) is 29.0 Å². The van der Waals surface area contributed by atoms with Gasteiger partial charge in [-0.15, -0.1) is 0 Å². The van der Waals surface area contributed by atoms with E-state index in [1.54, 1.807) is 19.1 Å². The number of hydrogen-bond acceptors (Lipinski definition) is 5. The fourth-order valence-electron chi connectivity index (χ4n) is 0.863. The first-order valence-electron chi connectivity index (χ1n) is 3.77. The highest BCUT2D eigenvalue weighted by molar-refractivity contribution is 7.75. The quantitative estimate of drug-likeness (QED) is 0.444. The maximum atomic E-state index is 11.3. The van der Waals surface area contributed by atoms with Crippen molar-refractivity contribution in [3.63, 3.8) is 0 Å². The number of pyridine rings is 1. The maximum absolute atomic E-state index is 11.3. The second-order valence-corrected chi connectivity index (χ2v) is 4.35. The molecule has 0 aliphatic rings. The van der Waals surface area contributed by atoms with E-state index >= 15 is 0 Å². The average Bonchev–Trinajstić information content (AvgIpc) is 2.18. The average molecular weight is 229 g/mol. The van der Waals surface area contributed by atoms with E-state index in [4.69, 9.17) is 16.9 Å². The Balaban J connectivity index is 2.97. The minimum atomic E-state index is -1.54. The highest BCUT2D eigenvalue weighted by atomic mass is 35.5. The summed E-state index contributed by atoms with van der Waals surface area (Å²) in [6.07, 6.45) is 3.03. The van der Waals surface area contributed by atoms with Crippen LogP contribution in [-0.4, -0.2) is 4.98 Å². The molecule has 0 amide bonds. The Morgan fingerprint density at radius 1 is 1.71 bits per heavy atom. The third kappa shape index (κ3) is 2.69. The van der Waals surface area contributed by atoms with Crippen LogP contribution in [0.5, 0.6) is 0 Å². The van der Waals surface area contributed by atoms with Gasteiger partial charge in [-0.05, 0) is 11.6 Å². The molecule has 0 bridgehead atoms. The van der Waals surface area contributed by atoms with Gasteiger partial charge in [0.2, 0.25) is 0 Å². The summed E-state index contributed by atoms with van der Waals surface area (Å²) in [6, 6.07) is 3.32. The number of rotatable bonds is 2. The number of nitriles is 1. The first kappa shape index (κ1) is 11.0. The Bertz CT molecular complexity index is 431. The Hall–Kier alpha value is -1.12. The van der Waals surface area contributed by atoms with Gasteiger partial charge in [-0.3, -0.25) is 4.36 Å². The second kappa shape index (κ2) is 4.94. The van der Waals surface area contributed by atoms with E-state index in [0.717, 1.165) is 5.56 Å². The van der Waals surface area contributed by atoms with Crippen LogP contribution in [0, 0.1) is 11.5 Å². The number of nitrogens with zero attached hydrogens (tertiary/aromatic N) is 3. The molecule has 0 saturated carbocycles. The van der Waals surface area contributed by atoms with Crippen molar-refractivity contribution in [1.29, 1.82) is 5.26 Å². The largest absolute Gasteiger partial charge is 0.443 e. The summed E-state index contributed by atoms with van der Waals surface area (Å²) in [5, 5.41) is 8.26. The smallest absolute Gasteiger partial charge is 0.180 e. The van der Waals surface area contributed by atoms with Crippen LogP contribution in [-0.2, 0) is 14.8 Å². The Morgan fingerprint density at radius 2 is 2.43 bits per heavy atom. The molecule has 1 heterocycles. The normalized spacial score (nSPS) is 14.6. The lowest BCUT2D eigenvalue weighted by Crippen LogP contribution is -1.94. The molecule has 6 heteroatoms. The van der Waals surface area contributed by atoms with E-state index in [9.17, 15) is 4.21 Å². The monoisotopic (exact) mass is 228 g/mol. The van der Waals surface area contributed by atoms with Gasteiger partial charge in [0.15, 0.2) is 6.19 Å². The van der Waals surface area contributed by atoms with Crippen molar-refractivity contribution in [1.82, 2.24) is 4.98 Å². The summed E-state index contributed by atoms with van der Waals surface area (Å²) >= 11 is 5.59. The fraction of sp³-hybridized carbons (Fsp3) is 0.250. The van der Waals surface area contributed by atoms with E-state index in [-0.39, 0.29) is 5.25 Å². The van der Waals surface area contributed by atoms with Gasteiger partial charge in [0, 0.05) is 6.20 Å². The van der Waals surface area contributed by atoms with Crippen molar-refractivity contribution in [2.45, 2.75) is 12.2 Å². The van der Waals surface area contributed by atoms with Gasteiger partial charge >= 0.3 is 0 Å². The molecule has 0 aliphatic heterocycles. The van der Waals surface area contributed by atoms with E-state index in [1.807, 2.05) is 0 Å². The Kier molecular flexibility index (Phi) is 3.86. The molecule has 0 saturated heterocycles. The van der Waals surface area contributed by atoms with E-state index in [1.165, 1.54) is 12.4 Å². The SMILES string of the molecule is CC(c1ccc(Cl)nc1)[S-](=O)=NC#N. The van der Waals surface area contributed by atoms with Crippen LogP contribution in [0.3, 0.4) is 0 Å². The molecule has 1 unspecified atom stereocenters. The first-order valence-corrected chi connectivity index (χ1v) is 5.32. The number of aromatic nitrogens is 1. The van der Waals surface area contributed by atoms with Crippen LogP contribution < -0.4 is 0 Å². The van der Waals surface area contributed by atoms with Crippen LogP contribution in [0.2, 0.25) is 5.15 Å². The van der Waals surface area contributed by atoms with E-state index < -0.39 is 10.6 Å². The molecule has 14 heavy (non-hydrogen) atoms. The van der Waals surface area contributed by atoms with Crippen molar-refractivity contribution < 1.29 is 4.21 Å². The van der Waals surface area contributed by atoms with Crippen molar-refractivity contribution in [3.8, 4) is 6.19 Å². The van der Waals surface area contributed by atoms with Crippen LogP contribution in [0.15, 0.2) is 22.7 Å². The summed E-state index contributed by atoms with van der Waals surface area (Å²) in [4.78, 5) is 3.85. The van der Waals surface area contributed by atoms with E-state index in [0.29, 0.717) is 5.15 Å². The molecular weight excluding hydrogens is 222 g/mol. The van der Waals surface area contributed by atoms with Crippen molar-refractivity contribution in [2.75, 3.05) is 0 Å².